The molecule has 3 aromatic rings. The minimum absolute atomic E-state index is 0.243. The molecule has 102 valence electrons. The van der Waals surface area contributed by atoms with E-state index < -0.39 is 0 Å². The van der Waals surface area contributed by atoms with Crippen molar-refractivity contribution >= 4 is 23.3 Å². The predicted molar refractivity (Wildman–Crippen MR) is 77.2 cm³/mol. The first kappa shape index (κ1) is 13.0. The summed E-state index contributed by atoms with van der Waals surface area (Å²) in [6, 6.07) is 11.0. The van der Waals surface area contributed by atoms with E-state index in [0.717, 1.165) is 11.1 Å². The number of H-pyrrole nitrogens is 1. The molecule has 0 saturated carbocycles. The molecule has 2 nitrogen and oxygen atoms in total. The largest absolute Gasteiger partial charge is 0.330 e. The SMILES string of the molecule is Fc1cccc(CCn2c(=S)[nH]c3cc(F)ccc32)c1. The van der Waals surface area contributed by atoms with Crippen LogP contribution in [-0.2, 0) is 13.0 Å². The van der Waals surface area contributed by atoms with Crippen LogP contribution in [0.25, 0.3) is 11.0 Å². The third-order valence-electron chi connectivity index (χ3n) is 3.25. The molecular formula is C15H12F2N2S. The Bertz CT molecular complexity index is 820. The van der Waals surface area contributed by atoms with Gasteiger partial charge < -0.3 is 9.55 Å². The number of aromatic nitrogens is 2. The zero-order valence-electron chi connectivity index (χ0n) is 10.6. The Morgan fingerprint density at radius 2 is 1.85 bits per heavy atom. The van der Waals surface area contributed by atoms with Crippen molar-refractivity contribution < 1.29 is 8.78 Å². The third-order valence-corrected chi connectivity index (χ3v) is 3.57. The van der Waals surface area contributed by atoms with E-state index in [1.807, 2.05) is 10.6 Å². The van der Waals surface area contributed by atoms with Crippen molar-refractivity contribution in [3.05, 3.63) is 64.4 Å². The minimum atomic E-state index is -0.300. The fourth-order valence-electron chi connectivity index (χ4n) is 2.29. The van der Waals surface area contributed by atoms with E-state index in [9.17, 15) is 8.78 Å². The number of hydrogen-bond donors (Lipinski definition) is 1. The summed E-state index contributed by atoms with van der Waals surface area (Å²) < 4.78 is 28.7. The van der Waals surface area contributed by atoms with Crippen LogP contribution in [0.4, 0.5) is 8.78 Å². The van der Waals surface area contributed by atoms with Gasteiger partial charge in [0.2, 0.25) is 0 Å². The highest BCUT2D eigenvalue weighted by Gasteiger charge is 2.05. The van der Waals surface area contributed by atoms with Gasteiger partial charge in [-0.2, -0.15) is 0 Å². The highest BCUT2D eigenvalue weighted by atomic mass is 32.1. The molecule has 0 spiro atoms. The number of benzene rings is 2. The van der Waals surface area contributed by atoms with Crippen LogP contribution in [0.3, 0.4) is 0 Å². The lowest BCUT2D eigenvalue weighted by Crippen LogP contribution is -2.01. The second kappa shape index (κ2) is 5.17. The smallest absolute Gasteiger partial charge is 0.178 e. The van der Waals surface area contributed by atoms with Gasteiger partial charge in [0.05, 0.1) is 11.0 Å². The van der Waals surface area contributed by atoms with Gasteiger partial charge in [0.15, 0.2) is 4.77 Å². The Hall–Kier alpha value is -2.01. The van der Waals surface area contributed by atoms with Crippen molar-refractivity contribution in [2.75, 3.05) is 0 Å². The zero-order chi connectivity index (χ0) is 14.1. The molecule has 0 aliphatic rings. The fourth-order valence-corrected chi connectivity index (χ4v) is 2.59. The summed E-state index contributed by atoms with van der Waals surface area (Å²) in [7, 11) is 0. The average Bonchev–Trinajstić information content (AvgIpc) is 2.71. The Labute approximate surface area is 119 Å². The van der Waals surface area contributed by atoms with Crippen molar-refractivity contribution in [2.24, 2.45) is 0 Å². The Kier molecular flexibility index (Phi) is 3.36. The summed E-state index contributed by atoms with van der Waals surface area (Å²) >= 11 is 5.25. The van der Waals surface area contributed by atoms with Crippen LogP contribution in [-0.4, -0.2) is 9.55 Å². The Balaban J connectivity index is 1.91. The molecular weight excluding hydrogens is 278 g/mol. The predicted octanol–water partition coefficient (Wildman–Crippen LogP) is 4.22. The number of hydrogen-bond acceptors (Lipinski definition) is 1. The maximum atomic E-state index is 13.2. The molecule has 0 unspecified atom stereocenters. The van der Waals surface area contributed by atoms with E-state index in [-0.39, 0.29) is 11.6 Å². The molecule has 0 atom stereocenters. The number of fused-ring (bicyclic) bond motifs is 1. The van der Waals surface area contributed by atoms with Crippen LogP contribution >= 0.6 is 12.2 Å². The molecule has 1 aromatic heterocycles. The average molecular weight is 290 g/mol. The van der Waals surface area contributed by atoms with Crippen LogP contribution in [0, 0.1) is 16.4 Å². The Morgan fingerprint density at radius 3 is 2.65 bits per heavy atom. The highest BCUT2D eigenvalue weighted by Crippen LogP contribution is 2.16. The number of halogens is 2. The molecule has 20 heavy (non-hydrogen) atoms. The second-order valence-electron chi connectivity index (χ2n) is 4.62. The molecule has 1 N–H and O–H groups in total. The molecule has 2 aromatic carbocycles. The third kappa shape index (κ3) is 2.49. The van der Waals surface area contributed by atoms with Crippen molar-refractivity contribution in [2.45, 2.75) is 13.0 Å². The molecule has 1 heterocycles. The summed E-state index contributed by atoms with van der Waals surface area (Å²) in [6.45, 7) is 0.619. The minimum Gasteiger partial charge on any atom is -0.330 e. The maximum Gasteiger partial charge on any atom is 0.178 e. The van der Waals surface area contributed by atoms with E-state index in [2.05, 4.69) is 4.98 Å². The lowest BCUT2D eigenvalue weighted by atomic mass is 10.1. The molecule has 5 heteroatoms. The molecule has 0 amide bonds. The van der Waals surface area contributed by atoms with Gasteiger partial charge in [-0.3, -0.25) is 0 Å². The standard InChI is InChI=1S/C15H12F2N2S/c16-11-3-1-2-10(8-11)6-7-19-14-5-4-12(17)9-13(14)18-15(19)20/h1-5,8-9H,6-7H2,(H,18,20). The molecule has 0 aliphatic heterocycles. The van der Waals surface area contributed by atoms with Gasteiger partial charge in [-0.15, -0.1) is 0 Å². The quantitative estimate of drug-likeness (QED) is 0.716. The zero-order valence-corrected chi connectivity index (χ0v) is 11.4. The molecule has 0 bridgehead atoms. The lowest BCUT2D eigenvalue weighted by Gasteiger charge is -2.05. The first-order valence-electron chi connectivity index (χ1n) is 6.26. The molecule has 0 fully saturated rings. The Morgan fingerprint density at radius 1 is 1.05 bits per heavy atom. The topological polar surface area (TPSA) is 20.7 Å². The number of aryl methyl sites for hydroxylation is 2. The van der Waals surface area contributed by atoms with Crippen molar-refractivity contribution in [3.8, 4) is 0 Å². The van der Waals surface area contributed by atoms with E-state index in [4.69, 9.17) is 12.2 Å². The van der Waals surface area contributed by atoms with Crippen LogP contribution in [0.15, 0.2) is 42.5 Å². The molecule has 0 aliphatic carbocycles. The van der Waals surface area contributed by atoms with E-state index in [1.54, 1.807) is 12.1 Å². The highest BCUT2D eigenvalue weighted by molar-refractivity contribution is 7.71. The monoisotopic (exact) mass is 290 g/mol. The lowest BCUT2D eigenvalue weighted by molar-refractivity contribution is 0.622. The fraction of sp³-hybridized carbons (Fsp3) is 0.133. The number of rotatable bonds is 3. The number of nitrogens with one attached hydrogen (secondary N) is 1. The van der Waals surface area contributed by atoms with Crippen molar-refractivity contribution in [3.63, 3.8) is 0 Å². The summed E-state index contributed by atoms with van der Waals surface area (Å²) in [4.78, 5) is 2.98. The molecule has 3 rings (SSSR count). The van der Waals surface area contributed by atoms with Crippen LogP contribution in [0.2, 0.25) is 0 Å². The van der Waals surface area contributed by atoms with Crippen LogP contribution in [0.1, 0.15) is 5.56 Å². The van der Waals surface area contributed by atoms with Gasteiger partial charge in [0.1, 0.15) is 11.6 Å². The van der Waals surface area contributed by atoms with Crippen LogP contribution < -0.4 is 0 Å². The van der Waals surface area contributed by atoms with Crippen molar-refractivity contribution in [1.82, 2.24) is 9.55 Å². The van der Waals surface area contributed by atoms with E-state index in [0.29, 0.717) is 23.3 Å². The summed E-state index contributed by atoms with van der Waals surface area (Å²) in [5.74, 6) is -0.543. The van der Waals surface area contributed by atoms with Gasteiger partial charge in [-0.25, -0.2) is 8.78 Å². The summed E-state index contributed by atoms with van der Waals surface area (Å²) in [5.41, 5.74) is 2.44. The van der Waals surface area contributed by atoms with E-state index in [1.165, 1.54) is 24.3 Å². The van der Waals surface area contributed by atoms with Gasteiger partial charge >= 0.3 is 0 Å². The van der Waals surface area contributed by atoms with Gasteiger partial charge in [-0.05, 0) is 54.5 Å². The first-order valence-corrected chi connectivity index (χ1v) is 6.67. The summed E-state index contributed by atoms with van der Waals surface area (Å²) in [5, 5.41) is 0. The number of nitrogens with zero attached hydrogens (tertiary/aromatic N) is 1. The molecule has 0 radical (unpaired) electrons. The van der Waals surface area contributed by atoms with Gasteiger partial charge in [-0.1, -0.05) is 12.1 Å². The number of aromatic amines is 1. The molecule has 0 saturated heterocycles. The maximum absolute atomic E-state index is 13.2. The van der Waals surface area contributed by atoms with Crippen molar-refractivity contribution in [1.29, 1.82) is 0 Å². The normalized spacial score (nSPS) is 11.1. The van der Waals surface area contributed by atoms with Gasteiger partial charge in [0.25, 0.3) is 0 Å². The van der Waals surface area contributed by atoms with Crippen LogP contribution in [0.5, 0.6) is 0 Å². The first-order chi connectivity index (χ1) is 9.63. The summed E-state index contributed by atoms with van der Waals surface area (Å²) in [6.07, 6.45) is 0.663. The van der Waals surface area contributed by atoms with Gasteiger partial charge in [0, 0.05) is 6.54 Å². The number of imidazole rings is 1. The van der Waals surface area contributed by atoms with E-state index >= 15 is 0 Å². The second-order valence-corrected chi connectivity index (χ2v) is 5.01.